The van der Waals surface area contributed by atoms with Gasteiger partial charge in [0.15, 0.2) is 0 Å². The molecule has 2 fully saturated rings. The third kappa shape index (κ3) is 1.81. The van der Waals surface area contributed by atoms with E-state index in [1.54, 1.807) is 5.56 Å². The van der Waals surface area contributed by atoms with Crippen LogP contribution in [0.1, 0.15) is 43.0 Å². The van der Waals surface area contributed by atoms with Crippen LogP contribution in [-0.2, 0) is 11.2 Å². The van der Waals surface area contributed by atoms with Crippen molar-refractivity contribution in [1.82, 2.24) is 9.88 Å². The zero-order chi connectivity index (χ0) is 14.7. The van der Waals surface area contributed by atoms with Gasteiger partial charge in [-0.2, -0.15) is 0 Å². The number of ketones is 1. The number of para-hydroxylation sites is 1. The first-order valence-electron chi connectivity index (χ1n) is 8.65. The molecular weight excluding hydrogens is 272 g/mol. The van der Waals surface area contributed by atoms with E-state index in [2.05, 4.69) is 34.1 Å². The third-order valence-electron chi connectivity index (χ3n) is 6.22. The molecule has 1 aromatic carbocycles. The number of carbonyl (C=O) groups is 1. The summed E-state index contributed by atoms with van der Waals surface area (Å²) in [5, 5.41) is 1.41. The Bertz CT molecular complexity index is 747. The van der Waals surface area contributed by atoms with E-state index >= 15 is 0 Å². The lowest BCUT2D eigenvalue weighted by atomic mass is 9.71. The Morgan fingerprint density at radius 3 is 3.00 bits per heavy atom. The van der Waals surface area contributed by atoms with Crippen LogP contribution in [-0.4, -0.2) is 28.8 Å². The summed E-state index contributed by atoms with van der Waals surface area (Å²) >= 11 is 0. The highest BCUT2D eigenvalue weighted by molar-refractivity contribution is 5.85. The van der Waals surface area contributed by atoms with Gasteiger partial charge in [0, 0.05) is 42.5 Å². The molecular formula is C19H22N2O. The summed E-state index contributed by atoms with van der Waals surface area (Å²) in [6, 6.07) is 9.26. The molecule has 0 bridgehead atoms. The number of hydrogen-bond donors (Lipinski definition) is 1. The molecule has 1 saturated carbocycles. The fourth-order valence-corrected chi connectivity index (χ4v) is 5.11. The minimum absolute atomic E-state index is 0.489. The monoisotopic (exact) mass is 294 g/mol. The number of benzene rings is 1. The molecule has 114 valence electrons. The predicted molar refractivity (Wildman–Crippen MR) is 86.8 cm³/mol. The van der Waals surface area contributed by atoms with E-state index in [9.17, 15) is 4.79 Å². The van der Waals surface area contributed by atoms with Crippen LogP contribution in [0.5, 0.6) is 0 Å². The smallest absolute Gasteiger partial charge is 0.133 e. The van der Waals surface area contributed by atoms with Crippen molar-refractivity contribution in [2.45, 2.75) is 38.1 Å². The van der Waals surface area contributed by atoms with Gasteiger partial charge in [-0.05, 0) is 42.7 Å². The molecule has 1 aromatic heterocycles. The highest BCUT2D eigenvalue weighted by Gasteiger charge is 2.42. The number of aromatic nitrogens is 1. The number of hydrogen-bond acceptors (Lipinski definition) is 2. The summed E-state index contributed by atoms with van der Waals surface area (Å²) in [4.78, 5) is 18.1. The third-order valence-corrected chi connectivity index (χ3v) is 6.22. The van der Waals surface area contributed by atoms with E-state index in [-0.39, 0.29) is 0 Å². The average Bonchev–Trinajstić information content (AvgIpc) is 2.92. The quantitative estimate of drug-likeness (QED) is 0.808. The lowest BCUT2D eigenvalue weighted by molar-refractivity contribution is -0.124. The molecule has 1 N–H and O–H groups in total. The maximum Gasteiger partial charge on any atom is 0.133 e. The minimum atomic E-state index is 0.489. The van der Waals surface area contributed by atoms with E-state index in [1.165, 1.54) is 23.0 Å². The summed E-state index contributed by atoms with van der Waals surface area (Å²) in [6.07, 6.45) is 5.13. The number of fused-ring (bicyclic) bond motifs is 6. The second-order valence-corrected chi connectivity index (χ2v) is 7.36. The molecule has 0 spiro atoms. The molecule has 3 nitrogen and oxygen atoms in total. The molecule has 3 heteroatoms. The van der Waals surface area contributed by atoms with Crippen molar-refractivity contribution in [2.24, 2.45) is 11.8 Å². The maximum atomic E-state index is 11.8. The Labute approximate surface area is 130 Å². The van der Waals surface area contributed by atoms with E-state index < -0.39 is 0 Å². The number of H-pyrrole nitrogens is 1. The van der Waals surface area contributed by atoms with Gasteiger partial charge in [-0.1, -0.05) is 18.2 Å². The predicted octanol–water partition coefficient (Wildman–Crippen LogP) is 3.46. The molecule has 3 atom stereocenters. The largest absolute Gasteiger partial charge is 0.357 e. The van der Waals surface area contributed by atoms with Crippen molar-refractivity contribution in [2.75, 3.05) is 13.1 Å². The van der Waals surface area contributed by atoms with Gasteiger partial charge < -0.3 is 4.98 Å². The highest BCUT2D eigenvalue weighted by Crippen LogP contribution is 2.46. The van der Waals surface area contributed by atoms with Crippen molar-refractivity contribution < 1.29 is 4.79 Å². The van der Waals surface area contributed by atoms with Crippen LogP contribution in [0.3, 0.4) is 0 Å². The van der Waals surface area contributed by atoms with Gasteiger partial charge in [0.25, 0.3) is 0 Å². The Hall–Kier alpha value is -1.61. The topological polar surface area (TPSA) is 36.1 Å². The van der Waals surface area contributed by atoms with E-state index in [1.807, 2.05) is 0 Å². The number of Topliss-reactive ketones (excluding diaryl/α,β-unsaturated/α-hetero) is 1. The zero-order valence-electron chi connectivity index (χ0n) is 12.8. The molecule has 5 rings (SSSR count). The Kier molecular flexibility index (Phi) is 2.75. The number of carbonyl (C=O) groups excluding carboxylic acids is 1. The molecule has 22 heavy (non-hydrogen) atoms. The molecule has 3 aliphatic rings. The Balaban J connectivity index is 1.53. The number of aromatic amines is 1. The molecule has 1 aliphatic carbocycles. The zero-order valence-corrected chi connectivity index (χ0v) is 12.8. The van der Waals surface area contributed by atoms with Gasteiger partial charge in [0.05, 0.1) is 6.04 Å². The van der Waals surface area contributed by atoms with Crippen LogP contribution in [0.15, 0.2) is 24.3 Å². The van der Waals surface area contributed by atoms with Crippen molar-refractivity contribution >= 4 is 16.7 Å². The number of rotatable bonds is 0. The van der Waals surface area contributed by atoms with Crippen molar-refractivity contribution in [3.63, 3.8) is 0 Å². The van der Waals surface area contributed by atoms with Crippen LogP contribution in [0.4, 0.5) is 0 Å². The molecule has 1 saturated heterocycles. The molecule has 3 heterocycles. The summed E-state index contributed by atoms with van der Waals surface area (Å²) < 4.78 is 0. The summed E-state index contributed by atoms with van der Waals surface area (Å²) in [6.45, 7) is 2.27. The maximum absolute atomic E-state index is 11.8. The molecule has 0 unspecified atom stereocenters. The second-order valence-electron chi connectivity index (χ2n) is 7.36. The lowest BCUT2D eigenvalue weighted by Gasteiger charge is -2.47. The Morgan fingerprint density at radius 2 is 2.05 bits per heavy atom. The van der Waals surface area contributed by atoms with Crippen LogP contribution >= 0.6 is 0 Å². The molecule has 0 amide bonds. The van der Waals surface area contributed by atoms with Gasteiger partial charge >= 0.3 is 0 Å². The first-order chi connectivity index (χ1) is 10.8. The first-order valence-corrected chi connectivity index (χ1v) is 8.65. The van der Waals surface area contributed by atoms with E-state index in [4.69, 9.17) is 0 Å². The average molecular weight is 294 g/mol. The summed E-state index contributed by atoms with van der Waals surface area (Å²) in [5.74, 6) is 1.85. The van der Waals surface area contributed by atoms with Crippen LogP contribution in [0, 0.1) is 11.8 Å². The highest BCUT2D eigenvalue weighted by atomic mass is 16.1. The lowest BCUT2D eigenvalue weighted by Crippen LogP contribution is -2.47. The fraction of sp³-hybridized carbons (Fsp3) is 0.526. The molecule has 2 aliphatic heterocycles. The Morgan fingerprint density at radius 1 is 1.14 bits per heavy atom. The number of nitrogens with one attached hydrogen (secondary N) is 1. The van der Waals surface area contributed by atoms with Gasteiger partial charge in [-0.15, -0.1) is 0 Å². The fourth-order valence-electron chi connectivity index (χ4n) is 5.11. The van der Waals surface area contributed by atoms with Crippen molar-refractivity contribution in [3.8, 4) is 0 Å². The van der Waals surface area contributed by atoms with Gasteiger partial charge in [-0.25, -0.2) is 0 Å². The number of piperidine rings is 1. The first kappa shape index (κ1) is 12.9. The number of nitrogens with zero attached hydrogens (tertiary/aromatic N) is 1. The standard InChI is InChI=1S/C19H22N2O/c22-14-6-5-12-10-18-19-16(7-8-21(18)11-13(12)9-14)15-3-1-2-4-17(15)20-19/h1-4,12-13,18,20H,5-11H2/t12-,13-,18-/m0/s1. The summed E-state index contributed by atoms with van der Waals surface area (Å²) in [5.41, 5.74) is 4.29. The second kappa shape index (κ2) is 4.69. The van der Waals surface area contributed by atoms with Crippen molar-refractivity contribution in [1.29, 1.82) is 0 Å². The van der Waals surface area contributed by atoms with Gasteiger partial charge in [-0.3, -0.25) is 9.69 Å². The van der Waals surface area contributed by atoms with Gasteiger partial charge in [0.2, 0.25) is 0 Å². The molecule has 2 aromatic rings. The van der Waals surface area contributed by atoms with Crippen LogP contribution in [0.2, 0.25) is 0 Å². The minimum Gasteiger partial charge on any atom is -0.357 e. The SMILES string of the molecule is O=C1CC[C@H]2C[C@H]3c4[nH]c5ccccc5c4CCN3C[C@@H]2C1. The van der Waals surface area contributed by atoms with E-state index in [0.29, 0.717) is 17.7 Å². The molecule has 0 radical (unpaired) electrons. The van der Waals surface area contributed by atoms with Crippen LogP contribution < -0.4 is 0 Å². The summed E-state index contributed by atoms with van der Waals surface area (Å²) in [7, 11) is 0. The van der Waals surface area contributed by atoms with Crippen molar-refractivity contribution in [3.05, 3.63) is 35.5 Å². The normalized spacial score (nSPS) is 31.6. The van der Waals surface area contributed by atoms with E-state index in [0.717, 1.165) is 44.7 Å². The van der Waals surface area contributed by atoms with Crippen LogP contribution in [0.25, 0.3) is 10.9 Å². The van der Waals surface area contributed by atoms with Gasteiger partial charge in [0.1, 0.15) is 5.78 Å².